The molecule has 0 radical (unpaired) electrons. The molecule has 8 heteroatoms. The molecule has 2 aromatic carbocycles. The number of hydrogen-bond acceptors (Lipinski definition) is 4. The van der Waals surface area contributed by atoms with Gasteiger partial charge in [-0.05, 0) is 49.1 Å². The lowest BCUT2D eigenvalue weighted by Gasteiger charge is -2.14. The Balaban J connectivity index is 1.82. The van der Waals surface area contributed by atoms with Gasteiger partial charge < -0.3 is 15.3 Å². The van der Waals surface area contributed by atoms with Gasteiger partial charge in [-0.25, -0.2) is 4.98 Å². The van der Waals surface area contributed by atoms with Crippen molar-refractivity contribution in [3.8, 4) is 11.5 Å². The Hall–Kier alpha value is -2.87. The number of amides is 1. The maximum atomic E-state index is 12.9. The summed E-state index contributed by atoms with van der Waals surface area (Å²) in [5.74, 6) is -0.677. The number of halogens is 3. The molecule has 3 rings (SSSR count). The van der Waals surface area contributed by atoms with Crippen molar-refractivity contribution in [3.63, 3.8) is 0 Å². The number of alkyl halides is 3. The summed E-state index contributed by atoms with van der Waals surface area (Å²) < 4.78 is 44.4. The van der Waals surface area contributed by atoms with E-state index in [2.05, 4.69) is 4.98 Å². The minimum Gasteiger partial charge on any atom is -0.436 e. The SMILES string of the molecule is CC(CC(O)CCc1ccccc1-c1nc2cc(C(F)(F)F)ccc2o1)C(N)=O. The number of aryl methyl sites for hydroxylation is 1. The smallest absolute Gasteiger partial charge is 0.416 e. The monoisotopic (exact) mass is 406 g/mol. The van der Waals surface area contributed by atoms with Gasteiger partial charge in [-0.2, -0.15) is 13.2 Å². The summed E-state index contributed by atoms with van der Waals surface area (Å²) in [7, 11) is 0. The number of aliphatic hydroxyl groups is 1. The molecule has 29 heavy (non-hydrogen) atoms. The van der Waals surface area contributed by atoms with Crippen molar-refractivity contribution in [1.82, 2.24) is 4.98 Å². The molecule has 0 bridgehead atoms. The normalized spacial score (nSPS) is 14.1. The van der Waals surface area contributed by atoms with Crippen LogP contribution in [0, 0.1) is 5.92 Å². The summed E-state index contributed by atoms with van der Waals surface area (Å²) in [4.78, 5) is 15.4. The number of carbonyl (C=O) groups is 1. The van der Waals surface area contributed by atoms with Gasteiger partial charge >= 0.3 is 6.18 Å². The summed E-state index contributed by atoms with van der Waals surface area (Å²) in [6.07, 6.45) is -4.02. The lowest BCUT2D eigenvalue weighted by Crippen LogP contribution is -2.25. The van der Waals surface area contributed by atoms with Crippen LogP contribution in [0.2, 0.25) is 0 Å². The average molecular weight is 406 g/mol. The molecule has 0 aliphatic heterocycles. The van der Waals surface area contributed by atoms with E-state index in [1.807, 2.05) is 12.1 Å². The fraction of sp³-hybridized carbons (Fsp3) is 0.333. The Morgan fingerprint density at radius 2 is 1.97 bits per heavy atom. The second-order valence-corrected chi connectivity index (χ2v) is 7.09. The van der Waals surface area contributed by atoms with Gasteiger partial charge in [0.2, 0.25) is 11.8 Å². The summed E-state index contributed by atoms with van der Waals surface area (Å²) in [5.41, 5.74) is 6.30. The van der Waals surface area contributed by atoms with E-state index in [1.54, 1.807) is 19.1 Å². The summed E-state index contributed by atoms with van der Waals surface area (Å²) in [6, 6.07) is 10.4. The number of aliphatic hydroxyl groups excluding tert-OH is 1. The van der Waals surface area contributed by atoms with E-state index >= 15 is 0 Å². The van der Waals surface area contributed by atoms with E-state index in [1.165, 1.54) is 6.07 Å². The molecule has 154 valence electrons. The molecule has 0 aliphatic rings. The van der Waals surface area contributed by atoms with Crippen molar-refractivity contribution in [2.45, 2.75) is 38.5 Å². The van der Waals surface area contributed by atoms with Gasteiger partial charge in [0.05, 0.1) is 11.7 Å². The number of benzene rings is 2. The van der Waals surface area contributed by atoms with Crippen LogP contribution in [0.15, 0.2) is 46.9 Å². The van der Waals surface area contributed by atoms with Crippen LogP contribution in [0.25, 0.3) is 22.6 Å². The van der Waals surface area contributed by atoms with Gasteiger partial charge in [0.1, 0.15) is 5.52 Å². The van der Waals surface area contributed by atoms with Crippen LogP contribution in [-0.4, -0.2) is 22.1 Å². The third kappa shape index (κ3) is 4.95. The van der Waals surface area contributed by atoms with Gasteiger partial charge in [0, 0.05) is 11.5 Å². The number of nitrogens with two attached hydrogens (primary N) is 1. The van der Waals surface area contributed by atoms with E-state index in [9.17, 15) is 23.1 Å². The van der Waals surface area contributed by atoms with Gasteiger partial charge in [-0.1, -0.05) is 25.1 Å². The standard InChI is InChI=1S/C21H21F3N2O3/c1-12(19(25)28)10-15(27)8-6-13-4-2-3-5-16(13)20-26-17-11-14(21(22,23)24)7-9-18(17)29-20/h2-5,7,9,11-12,15,27H,6,8,10H2,1H3,(H2,25,28). The molecule has 0 saturated heterocycles. The van der Waals surface area contributed by atoms with Crippen LogP contribution in [0.3, 0.4) is 0 Å². The van der Waals surface area contributed by atoms with E-state index in [4.69, 9.17) is 10.2 Å². The zero-order chi connectivity index (χ0) is 21.2. The average Bonchev–Trinajstić information content (AvgIpc) is 3.09. The third-order valence-corrected chi connectivity index (χ3v) is 4.82. The number of rotatable bonds is 7. The highest BCUT2D eigenvalue weighted by Crippen LogP contribution is 2.33. The molecule has 2 atom stereocenters. The first-order valence-corrected chi connectivity index (χ1v) is 9.18. The molecule has 0 aliphatic carbocycles. The zero-order valence-corrected chi connectivity index (χ0v) is 15.7. The summed E-state index contributed by atoms with van der Waals surface area (Å²) in [6.45, 7) is 1.66. The van der Waals surface area contributed by atoms with Crippen molar-refractivity contribution >= 4 is 17.0 Å². The fourth-order valence-corrected chi connectivity index (χ4v) is 3.13. The van der Waals surface area contributed by atoms with E-state index < -0.39 is 29.7 Å². The van der Waals surface area contributed by atoms with Gasteiger partial charge in [0.15, 0.2) is 5.58 Å². The molecule has 1 heterocycles. The molecule has 1 aromatic heterocycles. The van der Waals surface area contributed by atoms with Gasteiger partial charge in [-0.3, -0.25) is 4.79 Å². The number of oxazole rings is 1. The minimum atomic E-state index is -4.45. The van der Waals surface area contributed by atoms with Crippen molar-refractivity contribution in [3.05, 3.63) is 53.6 Å². The Morgan fingerprint density at radius 3 is 2.66 bits per heavy atom. The van der Waals surface area contributed by atoms with E-state index in [0.717, 1.165) is 17.7 Å². The second-order valence-electron chi connectivity index (χ2n) is 7.09. The Kier molecular flexibility index (Phi) is 5.93. The van der Waals surface area contributed by atoms with Gasteiger partial charge in [-0.15, -0.1) is 0 Å². The molecule has 0 fully saturated rings. The van der Waals surface area contributed by atoms with Crippen LogP contribution in [0.4, 0.5) is 13.2 Å². The van der Waals surface area contributed by atoms with Crippen LogP contribution < -0.4 is 5.73 Å². The molecular weight excluding hydrogens is 385 g/mol. The van der Waals surface area contributed by atoms with E-state index in [-0.39, 0.29) is 23.4 Å². The lowest BCUT2D eigenvalue weighted by atomic mass is 9.96. The van der Waals surface area contributed by atoms with Crippen LogP contribution in [-0.2, 0) is 17.4 Å². The Morgan fingerprint density at radius 1 is 1.24 bits per heavy atom. The second kappa shape index (κ2) is 8.24. The Labute approximate surface area is 165 Å². The van der Waals surface area contributed by atoms with Crippen molar-refractivity contribution < 1.29 is 27.5 Å². The number of fused-ring (bicyclic) bond motifs is 1. The molecule has 3 N–H and O–H groups in total. The van der Waals surface area contributed by atoms with Crippen LogP contribution in [0.5, 0.6) is 0 Å². The quantitative estimate of drug-likeness (QED) is 0.612. The highest BCUT2D eigenvalue weighted by Gasteiger charge is 2.31. The molecule has 0 spiro atoms. The first-order chi connectivity index (χ1) is 13.6. The van der Waals surface area contributed by atoms with Crippen molar-refractivity contribution in [1.29, 1.82) is 0 Å². The predicted octanol–water partition coefficient (Wildman–Crippen LogP) is 4.32. The van der Waals surface area contributed by atoms with E-state index in [0.29, 0.717) is 18.4 Å². The Bertz CT molecular complexity index is 1010. The highest BCUT2D eigenvalue weighted by atomic mass is 19.4. The number of hydrogen-bond donors (Lipinski definition) is 2. The largest absolute Gasteiger partial charge is 0.436 e. The summed E-state index contributed by atoms with van der Waals surface area (Å²) in [5, 5.41) is 10.2. The molecular formula is C21H21F3N2O3. The molecule has 3 aromatic rings. The fourth-order valence-electron chi connectivity index (χ4n) is 3.13. The number of aromatic nitrogens is 1. The third-order valence-electron chi connectivity index (χ3n) is 4.82. The molecule has 1 amide bonds. The van der Waals surface area contributed by atoms with Gasteiger partial charge in [0.25, 0.3) is 0 Å². The maximum Gasteiger partial charge on any atom is 0.416 e. The summed E-state index contributed by atoms with van der Waals surface area (Å²) >= 11 is 0. The minimum absolute atomic E-state index is 0.125. The first-order valence-electron chi connectivity index (χ1n) is 9.18. The molecule has 5 nitrogen and oxygen atoms in total. The first kappa shape index (κ1) is 20.9. The maximum absolute atomic E-state index is 12.9. The van der Waals surface area contributed by atoms with Crippen LogP contribution in [0.1, 0.15) is 30.9 Å². The number of primary amides is 1. The molecule has 2 unspecified atom stereocenters. The number of nitrogens with zero attached hydrogens (tertiary/aromatic N) is 1. The molecule has 0 saturated carbocycles. The number of carbonyl (C=O) groups excluding carboxylic acids is 1. The highest BCUT2D eigenvalue weighted by molar-refractivity contribution is 5.78. The topological polar surface area (TPSA) is 89.3 Å². The predicted molar refractivity (Wildman–Crippen MR) is 102 cm³/mol. The zero-order valence-electron chi connectivity index (χ0n) is 15.7. The van der Waals surface area contributed by atoms with Crippen molar-refractivity contribution in [2.24, 2.45) is 11.7 Å². The van der Waals surface area contributed by atoms with Crippen LogP contribution >= 0.6 is 0 Å². The van der Waals surface area contributed by atoms with Crippen molar-refractivity contribution in [2.75, 3.05) is 0 Å². The lowest BCUT2D eigenvalue weighted by molar-refractivity contribution is -0.137.